The Hall–Kier alpha value is -3.15. The van der Waals surface area contributed by atoms with Crippen LogP contribution in [0, 0.1) is 0 Å². The smallest absolute Gasteiger partial charge is 0.282 e. The van der Waals surface area contributed by atoms with Crippen molar-refractivity contribution in [2.75, 3.05) is 0 Å². The van der Waals surface area contributed by atoms with E-state index in [-0.39, 0.29) is 12.2 Å². The van der Waals surface area contributed by atoms with Gasteiger partial charge in [-0.2, -0.15) is 9.78 Å². The van der Waals surface area contributed by atoms with Crippen LogP contribution in [-0.2, 0) is 6.61 Å². The molecular formula is C22H15Cl2N3O2. The molecule has 0 aliphatic heterocycles. The van der Waals surface area contributed by atoms with Gasteiger partial charge in [0.05, 0.1) is 22.1 Å². The summed E-state index contributed by atoms with van der Waals surface area (Å²) in [6.45, 7) is 0.00750. The predicted octanol–water partition coefficient (Wildman–Crippen LogP) is 5.16. The number of ether oxygens (including phenoxy) is 1. The fourth-order valence-corrected chi connectivity index (χ4v) is 3.24. The van der Waals surface area contributed by atoms with E-state index >= 15 is 0 Å². The Bertz CT molecular complexity index is 1250. The van der Waals surface area contributed by atoms with Gasteiger partial charge in [0.1, 0.15) is 12.4 Å². The Morgan fingerprint density at radius 3 is 2.55 bits per heavy atom. The van der Waals surface area contributed by atoms with Crippen molar-refractivity contribution in [2.45, 2.75) is 6.61 Å². The van der Waals surface area contributed by atoms with Gasteiger partial charge in [0.15, 0.2) is 5.82 Å². The summed E-state index contributed by atoms with van der Waals surface area (Å²) in [5.41, 5.74) is 1.16. The molecule has 0 amide bonds. The third kappa shape index (κ3) is 4.31. The van der Waals surface area contributed by atoms with E-state index < -0.39 is 0 Å². The Morgan fingerprint density at radius 2 is 1.76 bits per heavy atom. The Labute approximate surface area is 176 Å². The lowest BCUT2D eigenvalue weighted by Crippen LogP contribution is -2.23. The zero-order valence-corrected chi connectivity index (χ0v) is 16.6. The van der Waals surface area contributed by atoms with Crippen molar-refractivity contribution in [1.82, 2.24) is 9.66 Å². The first-order chi connectivity index (χ1) is 14.1. The molecule has 29 heavy (non-hydrogen) atoms. The first kappa shape index (κ1) is 19.2. The largest absolute Gasteiger partial charge is 0.484 e. The van der Waals surface area contributed by atoms with Crippen LogP contribution in [0.1, 0.15) is 11.4 Å². The van der Waals surface area contributed by atoms with E-state index in [1.54, 1.807) is 42.6 Å². The van der Waals surface area contributed by atoms with Gasteiger partial charge in [-0.05, 0) is 35.9 Å². The maximum absolute atomic E-state index is 13.0. The van der Waals surface area contributed by atoms with Crippen LogP contribution in [0.4, 0.5) is 0 Å². The monoisotopic (exact) mass is 423 g/mol. The minimum absolute atomic E-state index is 0.00750. The average Bonchev–Trinajstić information content (AvgIpc) is 2.73. The van der Waals surface area contributed by atoms with Crippen LogP contribution < -0.4 is 10.3 Å². The quantitative estimate of drug-likeness (QED) is 0.416. The van der Waals surface area contributed by atoms with Gasteiger partial charge in [0.2, 0.25) is 0 Å². The fourth-order valence-electron chi connectivity index (χ4n) is 2.78. The molecule has 1 heterocycles. The van der Waals surface area contributed by atoms with Crippen molar-refractivity contribution in [3.63, 3.8) is 0 Å². The van der Waals surface area contributed by atoms with Gasteiger partial charge in [-0.15, -0.1) is 0 Å². The number of rotatable bonds is 5. The predicted molar refractivity (Wildman–Crippen MR) is 116 cm³/mol. The molecule has 0 aliphatic carbocycles. The molecule has 0 N–H and O–H groups in total. The van der Waals surface area contributed by atoms with E-state index in [0.29, 0.717) is 32.5 Å². The third-order valence-corrected chi connectivity index (χ3v) is 4.72. The molecule has 3 aromatic carbocycles. The molecule has 0 aliphatic rings. The number of halogens is 2. The van der Waals surface area contributed by atoms with Crippen LogP contribution in [-0.4, -0.2) is 15.9 Å². The summed E-state index contributed by atoms with van der Waals surface area (Å²) < 4.78 is 7.04. The molecule has 0 saturated heterocycles. The maximum Gasteiger partial charge on any atom is 0.282 e. The van der Waals surface area contributed by atoms with Crippen molar-refractivity contribution in [3.05, 3.63) is 105 Å². The van der Waals surface area contributed by atoms with E-state index in [9.17, 15) is 4.79 Å². The normalized spacial score (nSPS) is 11.2. The lowest BCUT2D eigenvalue weighted by Gasteiger charge is -2.11. The van der Waals surface area contributed by atoms with E-state index in [1.807, 2.05) is 36.4 Å². The zero-order valence-electron chi connectivity index (χ0n) is 15.1. The van der Waals surface area contributed by atoms with Crippen LogP contribution >= 0.6 is 23.2 Å². The Balaban J connectivity index is 1.74. The summed E-state index contributed by atoms with van der Waals surface area (Å²) in [6, 6.07) is 21.6. The van der Waals surface area contributed by atoms with Crippen LogP contribution in [0.3, 0.4) is 0 Å². The number of nitrogens with zero attached hydrogens (tertiary/aromatic N) is 3. The van der Waals surface area contributed by atoms with Crippen molar-refractivity contribution in [1.29, 1.82) is 0 Å². The summed E-state index contributed by atoms with van der Waals surface area (Å²) in [6.07, 6.45) is 1.61. The fraction of sp³-hybridized carbons (Fsp3) is 0.0455. The first-order valence-electron chi connectivity index (χ1n) is 8.80. The van der Waals surface area contributed by atoms with Crippen LogP contribution in [0.2, 0.25) is 10.0 Å². The van der Waals surface area contributed by atoms with Crippen LogP contribution in [0.15, 0.2) is 82.7 Å². The highest BCUT2D eigenvalue weighted by molar-refractivity contribution is 6.35. The number of fused-ring (bicyclic) bond motifs is 1. The molecule has 0 bridgehead atoms. The number of hydrogen-bond acceptors (Lipinski definition) is 4. The van der Waals surface area contributed by atoms with Gasteiger partial charge in [0, 0.05) is 5.02 Å². The van der Waals surface area contributed by atoms with Crippen molar-refractivity contribution in [2.24, 2.45) is 5.10 Å². The second-order valence-corrected chi connectivity index (χ2v) is 7.02. The van der Waals surface area contributed by atoms with E-state index in [4.69, 9.17) is 27.9 Å². The molecule has 4 rings (SSSR count). The number of hydrogen-bond donors (Lipinski definition) is 0. The second kappa shape index (κ2) is 8.47. The summed E-state index contributed by atoms with van der Waals surface area (Å²) >= 11 is 12.1. The molecule has 0 spiro atoms. The van der Waals surface area contributed by atoms with Gasteiger partial charge < -0.3 is 4.74 Å². The zero-order chi connectivity index (χ0) is 20.2. The Kier molecular flexibility index (Phi) is 5.60. The number of aromatic nitrogens is 2. The van der Waals surface area contributed by atoms with Crippen LogP contribution in [0.5, 0.6) is 5.75 Å². The minimum atomic E-state index is -0.274. The SMILES string of the molecule is O=c1c2ccccc2nc(COc2ccc(Cl)cc2Cl)n1/N=C/c1ccccc1. The maximum atomic E-state index is 13.0. The number of para-hydroxylation sites is 1. The highest BCUT2D eigenvalue weighted by Crippen LogP contribution is 2.28. The van der Waals surface area contributed by atoms with Gasteiger partial charge in [-0.3, -0.25) is 4.79 Å². The summed E-state index contributed by atoms with van der Waals surface area (Å²) in [5.74, 6) is 0.795. The highest BCUT2D eigenvalue weighted by atomic mass is 35.5. The second-order valence-electron chi connectivity index (χ2n) is 6.18. The lowest BCUT2D eigenvalue weighted by atomic mass is 10.2. The standard InChI is InChI=1S/C22H15Cl2N3O2/c23-16-10-11-20(18(24)12-16)29-14-21-26-19-9-5-4-8-17(19)22(28)27(21)25-13-15-6-2-1-3-7-15/h1-13H,14H2/b25-13+. The molecule has 144 valence electrons. The molecule has 0 fully saturated rings. The summed E-state index contributed by atoms with van der Waals surface area (Å²) in [4.78, 5) is 17.6. The van der Waals surface area contributed by atoms with Crippen LogP contribution in [0.25, 0.3) is 10.9 Å². The van der Waals surface area contributed by atoms with E-state index in [1.165, 1.54) is 4.68 Å². The average molecular weight is 424 g/mol. The third-order valence-electron chi connectivity index (χ3n) is 4.19. The molecule has 0 saturated carbocycles. The molecule has 1 aromatic heterocycles. The lowest BCUT2D eigenvalue weighted by molar-refractivity contribution is 0.289. The first-order valence-corrected chi connectivity index (χ1v) is 9.55. The van der Waals surface area contributed by atoms with Gasteiger partial charge in [-0.1, -0.05) is 65.7 Å². The van der Waals surface area contributed by atoms with Crippen molar-refractivity contribution >= 4 is 40.3 Å². The summed E-state index contributed by atoms with van der Waals surface area (Å²) in [7, 11) is 0. The molecule has 7 heteroatoms. The molecule has 0 atom stereocenters. The highest BCUT2D eigenvalue weighted by Gasteiger charge is 2.12. The van der Waals surface area contributed by atoms with E-state index in [0.717, 1.165) is 5.56 Å². The Morgan fingerprint density at radius 1 is 1.00 bits per heavy atom. The van der Waals surface area contributed by atoms with E-state index in [2.05, 4.69) is 10.1 Å². The molecule has 5 nitrogen and oxygen atoms in total. The van der Waals surface area contributed by atoms with Crippen molar-refractivity contribution in [3.8, 4) is 5.75 Å². The summed E-state index contributed by atoms with van der Waals surface area (Å²) in [5, 5.41) is 5.72. The minimum Gasteiger partial charge on any atom is -0.484 e. The topological polar surface area (TPSA) is 56.5 Å². The molecule has 0 radical (unpaired) electrons. The van der Waals surface area contributed by atoms with Gasteiger partial charge in [-0.25, -0.2) is 4.98 Å². The number of benzene rings is 3. The molecular weight excluding hydrogens is 409 g/mol. The van der Waals surface area contributed by atoms with Gasteiger partial charge in [0.25, 0.3) is 5.56 Å². The molecule has 4 aromatic rings. The molecule has 0 unspecified atom stereocenters. The van der Waals surface area contributed by atoms with Gasteiger partial charge >= 0.3 is 0 Å². The van der Waals surface area contributed by atoms with Crippen molar-refractivity contribution < 1.29 is 4.74 Å².